The summed E-state index contributed by atoms with van der Waals surface area (Å²) in [5.41, 5.74) is 2.84. The zero-order valence-electron chi connectivity index (χ0n) is 17.0. The lowest BCUT2D eigenvalue weighted by molar-refractivity contribution is -0.136. The van der Waals surface area contributed by atoms with Gasteiger partial charge in [-0.15, -0.1) is 10.2 Å². The van der Waals surface area contributed by atoms with Crippen LogP contribution in [0.15, 0.2) is 46.9 Å². The number of rotatable bonds is 7. The molecule has 3 rings (SSSR count). The van der Waals surface area contributed by atoms with Gasteiger partial charge in [0, 0.05) is 16.6 Å². The maximum atomic E-state index is 12.8. The van der Waals surface area contributed by atoms with Crippen molar-refractivity contribution in [1.82, 2.24) is 15.1 Å². The number of nitrogens with zero attached hydrogens (tertiary/aromatic N) is 3. The van der Waals surface area contributed by atoms with Crippen molar-refractivity contribution in [3.8, 4) is 17.2 Å². The zero-order chi connectivity index (χ0) is 21.0. The molecule has 1 heterocycles. The predicted octanol–water partition coefficient (Wildman–Crippen LogP) is 4.82. The molecule has 0 saturated heterocycles. The van der Waals surface area contributed by atoms with Crippen molar-refractivity contribution in [2.45, 2.75) is 40.3 Å². The van der Waals surface area contributed by atoms with Gasteiger partial charge in [-0.05, 0) is 69.2 Å². The van der Waals surface area contributed by atoms with E-state index < -0.39 is 0 Å². The first kappa shape index (κ1) is 20.9. The molecule has 2 aromatic carbocycles. The second-order valence-electron chi connectivity index (χ2n) is 7.18. The molecule has 0 aliphatic carbocycles. The molecule has 0 fully saturated rings. The van der Waals surface area contributed by atoms with Crippen LogP contribution in [0.1, 0.15) is 30.9 Å². The predicted molar refractivity (Wildman–Crippen MR) is 112 cm³/mol. The molecular weight excluding hydrogens is 390 g/mol. The fraction of sp³-hybridized carbons (Fsp3) is 0.318. The van der Waals surface area contributed by atoms with Crippen molar-refractivity contribution in [2.75, 3.05) is 6.61 Å². The third kappa shape index (κ3) is 5.35. The van der Waals surface area contributed by atoms with Crippen molar-refractivity contribution in [2.24, 2.45) is 0 Å². The Morgan fingerprint density at radius 1 is 1.14 bits per heavy atom. The van der Waals surface area contributed by atoms with Gasteiger partial charge >= 0.3 is 0 Å². The van der Waals surface area contributed by atoms with Crippen LogP contribution in [0.2, 0.25) is 5.02 Å². The average molecular weight is 414 g/mol. The normalized spacial score (nSPS) is 11.0. The third-order valence-electron chi connectivity index (χ3n) is 4.50. The Kier molecular flexibility index (Phi) is 6.54. The van der Waals surface area contributed by atoms with Crippen LogP contribution in [-0.4, -0.2) is 33.7 Å². The lowest BCUT2D eigenvalue weighted by Gasteiger charge is -2.25. The van der Waals surface area contributed by atoms with Crippen molar-refractivity contribution in [1.29, 1.82) is 0 Å². The summed E-state index contributed by atoms with van der Waals surface area (Å²) in [6.45, 7) is 7.98. The first-order valence-electron chi connectivity index (χ1n) is 9.41. The van der Waals surface area contributed by atoms with E-state index in [1.54, 1.807) is 17.0 Å². The molecule has 0 saturated carbocycles. The van der Waals surface area contributed by atoms with Crippen LogP contribution in [0, 0.1) is 13.8 Å². The van der Waals surface area contributed by atoms with Gasteiger partial charge in [0.2, 0.25) is 11.8 Å². The Morgan fingerprint density at radius 2 is 1.86 bits per heavy atom. The number of aryl methyl sites for hydroxylation is 2. The minimum Gasteiger partial charge on any atom is -0.483 e. The monoisotopic (exact) mass is 413 g/mol. The van der Waals surface area contributed by atoms with E-state index in [2.05, 4.69) is 10.2 Å². The molecule has 0 bridgehead atoms. The molecule has 0 N–H and O–H groups in total. The number of ether oxygens (including phenoxy) is 1. The highest BCUT2D eigenvalue weighted by atomic mass is 35.5. The first-order valence-corrected chi connectivity index (χ1v) is 9.79. The van der Waals surface area contributed by atoms with Crippen LogP contribution in [0.4, 0.5) is 0 Å². The first-order chi connectivity index (χ1) is 13.8. The second kappa shape index (κ2) is 9.09. The van der Waals surface area contributed by atoms with Crippen LogP contribution in [0.5, 0.6) is 5.75 Å². The molecule has 1 amide bonds. The summed E-state index contributed by atoms with van der Waals surface area (Å²) >= 11 is 5.91. The van der Waals surface area contributed by atoms with Gasteiger partial charge in [0.25, 0.3) is 5.91 Å². The summed E-state index contributed by atoms with van der Waals surface area (Å²) in [4.78, 5) is 14.4. The van der Waals surface area contributed by atoms with Crippen molar-refractivity contribution < 1.29 is 13.9 Å². The molecule has 3 aromatic rings. The van der Waals surface area contributed by atoms with E-state index in [9.17, 15) is 4.79 Å². The van der Waals surface area contributed by atoms with Gasteiger partial charge in [-0.2, -0.15) is 0 Å². The number of carbonyl (C=O) groups excluding carboxylic acids is 1. The molecule has 0 atom stereocenters. The Bertz CT molecular complexity index is 983. The van der Waals surface area contributed by atoms with Crippen LogP contribution in [-0.2, 0) is 11.3 Å². The SMILES string of the molecule is Cc1ccc(C)c(OCC(=O)N(Cc2nnc(-c3ccc(Cl)cc3)o2)C(C)C)c1. The summed E-state index contributed by atoms with van der Waals surface area (Å²) < 4.78 is 11.5. The van der Waals surface area contributed by atoms with Crippen LogP contribution in [0.3, 0.4) is 0 Å². The third-order valence-corrected chi connectivity index (χ3v) is 4.75. The number of benzene rings is 2. The van der Waals surface area contributed by atoms with Gasteiger partial charge in [-0.3, -0.25) is 4.79 Å². The Hall–Kier alpha value is -2.86. The molecule has 1 aromatic heterocycles. The lowest BCUT2D eigenvalue weighted by Crippen LogP contribution is -2.39. The van der Waals surface area contributed by atoms with E-state index in [-0.39, 0.29) is 25.1 Å². The van der Waals surface area contributed by atoms with Crippen LogP contribution < -0.4 is 4.74 Å². The molecule has 6 nitrogen and oxygen atoms in total. The van der Waals surface area contributed by atoms with E-state index >= 15 is 0 Å². The summed E-state index contributed by atoms with van der Waals surface area (Å²) in [5.74, 6) is 1.32. The molecule has 0 spiro atoms. The highest BCUT2D eigenvalue weighted by molar-refractivity contribution is 6.30. The number of hydrogen-bond donors (Lipinski definition) is 0. The second-order valence-corrected chi connectivity index (χ2v) is 7.62. The number of carbonyl (C=O) groups is 1. The molecular formula is C22H24ClN3O3. The van der Waals surface area contributed by atoms with Gasteiger partial charge < -0.3 is 14.1 Å². The molecule has 0 radical (unpaired) electrons. The van der Waals surface area contributed by atoms with Gasteiger partial charge in [-0.1, -0.05) is 23.7 Å². The van der Waals surface area contributed by atoms with Crippen LogP contribution in [0.25, 0.3) is 11.5 Å². The van der Waals surface area contributed by atoms with Gasteiger partial charge in [0.1, 0.15) is 5.75 Å². The molecule has 0 aliphatic heterocycles. The largest absolute Gasteiger partial charge is 0.483 e. The topological polar surface area (TPSA) is 68.5 Å². The number of hydrogen-bond acceptors (Lipinski definition) is 5. The zero-order valence-corrected chi connectivity index (χ0v) is 17.7. The molecule has 7 heteroatoms. The average Bonchev–Trinajstić information content (AvgIpc) is 3.15. The number of halogens is 1. The fourth-order valence-corrected chi connectivity index (χ4v) is 2.94. The fourth-order valence-electron chi connectivity index (χ4n) is 2.82. The van der Waals surface area contributed by atoms with Crippen molar-refractivity contribution >= 4 is 17.5 Å². The summed E-state index contributed by atoms with van der Waals surface area (Å²) in [6, 6.07) is 13.0. The highest BCUT2D eigenvalue weighted by Gasteiger charge is 2.21. The number of amides is 1. The molecule has 0 unspecified atom stereocenters. The molecule has 152 valence electrons. The minimum absolute atomic E-state index is 0.0458. The standard InChI is InChI=1S/C22H24ClN3O3/c1-14(2)26(21(27)13-28-19-11-15(3)5-6-16(19)4)12-20-24-25-22(29-20)17-7-9-18(23)10-8-17/h5-11,14H,12-13H2,1-4H3. The summed E-state index contributed by atoms with van der Waals surface area (Å²) in [5, 5.41) is 8.79. The van der Waals surface area contributed by atoms with Gasteiger partial charge in [-0.25, -0.2) is 0 Å². The van der Waals surface area contributed by atoms with E-state index in [0.29, 0.717) is 22.6 Å². The Balaban J connectivity index is 1.67. The minimum atomic E-state index is -0.146. The van der Waals surface area contributed by atoms with Gasteiger partial charge in [0.05, 0.1) is 6.54 Å². The van der Waals surface area contributed by atoms with E-state index in [0.717, 1.165) is 16.7 Å². The molecule has 29 heavy (non-hydrogen) atoms. The quantitative estimate of drug-likeness (QED) is 0.555. The van der Waals surface area contributed by atoms with Gasteiger partial charge in [0.15, 0.2) is 6.61 Å². The van der Waals surface area contributed by atoms with E-state index in [1.807, 2.05) is 58.0 Å². The smallest absolute Gasteiger partial charge is 0.261 e. The Labute approximate surface area is 175 Å². The van der Waals surface area contributed by atoms with Crippen LogP contribution >= 0.6 is 11.6 Å². The maximum absolute atomic E-state index is 12.8. The van der Waals surface area contributed by atoms with Crippen molar-refractivity contribution in [3.05, 3.63) is 64.5 Å². The summed E-state index contributed by atoms with van der Waals surface area (Å²) in [7, 11) is 0. The highest BCUT2D eigenvalue weighted by Crippen LogP contribution is 2.22. The molecule has 0 aliphatic rings. The van der Waals surface area contributed by atoms with E-state index in [4.69, 9.17) is 20.8 Å². The van der Waals surface area contributed by atoms with Crippen molar-refractivity contribution in [3.63, 3.8) is 0 Å². The lowest BCUT2D eigenvalue weighted by atomic mass is 10.1. The summed E-state index contributed by atoms with van der Waals surface area (Å²) in [6.07, 6.45) is 0. The Morgan fingerprint density at radius 3 is 2.55 bits per heavy atom. The maximum Gasteiger partial charge on any atom is 0.261 e. The van der Waals surface area contributed by atoms with E-state index in [1.165, 1.54) is 0 Å². The number of aromatic nitrogens is 2.